The van der Waals surface area contributed by atoms with Crippen LogP contribution in [0.2, 0.25) is 0 Å². The number of hydrogen-bond acceptors (Lipinski definition) is 4. The highest BCUT2D eigenvalue weighted by atomic mass is 16.5. The van der Waals surface area contributed by atoms with Crippen molar-refractivity contribution in [3.05, 3.63) is 23.3 Å². The maximum absolute atomic E-state index is 11.6. The van der Waals surface area contributed by atoms with Crippen LogP contribution in [0.25, 0.3) is 0 Å². The number of Topliss-reactive ketones (excluding diaryl/α,β-unsaturated/α-hetero) is 1. The normalized spacial score (nSPS) is 10.0. The minimum atomic E-state index is -0.155. The van der Waals surface area contributed by atoms with E-state index in [1.54, 1.807) is 12.1 Å². The van der Waals surface area contributed by atoms with Crippen molar-refractivity contribution in [1.29, 1.82) is 0 Å². The maximum Gasteiger partial charge on any atom is 0.180 e. The molecule has 0 aromatic heterocycles. The van der Waals surface area contributed by atoms with Gasteiger partial charge in [0.15, 0.2) is 5.78 Å². The summed E-state index contributed by atoms with van der Waals surface area (Å²) in [5, 5.41) is 0. The van der Waals surface area contributed by atoms with Crippen LogP contribution >= 0.6 is 0 Å². The van der Waals surface area contributed by atoms with Crippen molar-refractivity contribution < 1.29 is 14.3 Å². The van der Waals surface area contributed by atoms with E-state index in [1.807, 2.05) is 13.8 Å². The van der Waals surface area contributed by atoms with Crippen LogP contribution in [0.1, 0.15) is 22.8 Å². The van der Waals surface area contributed by atoms with Gasteiger partial charge in [0, 0.05) is 0 Å². The van der Waals surface area contributed by atoms with Crippen LogP contribution < -0.4 is 15.2 Å². The van der Waals surface area contributed by atoms with Crippen LogP contribution in [-0.2, 0) is 0 Å². The van der Waals surface area contributed by atoms with Crippen LogP contribution in [0.3, 0.4) is 0 Å². The first kappa shape index (κ1) is 12.5. The lowest BCUT2D eigenvalue weighted by Gasteiger charge is -2.12. The molecule has 0 fully saturated rings. The van der Waals surface area contributed by atoms with E-state index in [0.29, 0.717) is 23.7 Å². The number of nitrogens with two attached hydrogens (primary N) is 1. The summed E-state index contributed by atoms with van der Waals surface area (Å²) >= 11 is 0. The van der Waals surface area contributed by atoms with Gasteiger partial charge in [-0.05, 0) is 31.5 Å². The van der Waals surface area contributed by atoms with E-state index >= 15 is 0 Å². The molecule has 0 amide bonds. The first-order chi connectivity index (χ1) is 7.63. The highest BCUT2D eigenvalue weighted by Crippen LogP contribution is 2.28. The van der Waals surface area contributed by atoms with Gasteiger partial charge in [-0.1, -0.05) is 0 Å². The molecule has 2 N–H and O–H groups in total. The van der Waals surface area contributed by atoms with E-state index in [1.165, 1.54) is 7.11 Å². The fourth-order valence-electron chi connectivity index (χ4n) is 1.47. The zero-order valence-electron chi connectivity index (χ0n) is 9.87. The van der Waals surface area contributed by atoms with Crippen molar-refractivity contribution in [1.82, 2.24) is 0 Å². The number of carbonyl (C=O) groups excluding carboxylic acids is 1. The molecular weight excluding hydrogens is 206 g/mol. The second-order valence-corrected chi connectivity index (χ2v) is 3.38. The average Bonchev–Trinajstić information content (AvgIpc) is 2.30. The van der Waals surface area contributed by atoms with Crippen molar-refractivity contribution >= 4 is 5.78 Å². The summed E-state index contributed by atoms with van der Waals surface area (Å²) < 4.78 is 10.6. The molecule has 1 rings (SSSR count). The van der Waals surface area contributed by atoms with E-state index in [4.69, 9.17) is 15.2 Å². The number of benzene rings is 1. The molecule has 88 valence electrons. The Balaban J connectivity index is 3.22. The lowest BCUT2D eigenvalue weighted by Crippen LogP contribution is -2.15. The molecule has 0 spiro atoms. The molecular formula is C12H17NO3. The van der Waals surface area contributed by atoms with Crippen LogP contribution in [-0.4, -0.2) is 26.0 Å². The molecule has 0 bridgehead atoms. The fourth-order valence-corrected chi connectivity index (χ4v) is 1.47. The average molecular weight is 223 g/mol. The van der Waals surface area contributed by atoms with Crippen molar-refractivity contribution in [3.63, 3.8) is 0 Å². The quantitative estimate of drug-likeness (QED) is 0.769. The van der Waals surface area contributed by atoms with E-state index < -0.39 is 0 Å². The summed E-state index contributed by atoms with van der Waals surface area (Å²) in [7, 11) is 1.53. The number of aryl methyl sites for hydroxylation is 1. The third kappa shape index (κ3) is 2.52. The second kappa shape index (κ2) is 5.51. The molecule has 0 unspecified atom stereocenters. The highest BCUT2D eigenvalue weighted by Gasteiger charge is 2.14. The third-order valence-electron chi connectivity index (χ3n) is 2.28. The maximum atomic E-state index is 11.6. The number of hydrogen-bond donors (Lipinski definition) is 1. The molecule has 4 heteroatoms. The first-order valence-electron chi connectivity index (χ1n) is 5.18. The molecule has 0 saturated heterocycles. The summed E-state index contributed by atoms with van der Waals surface area (Å²) in [6.45, 7) is 4.33. The van der Waals surface area contributed by atoms with Crippen molar-refractivity contribution in [2.24, 2.45) is 5.73 Å². The van der Waals surface area contributed by atoms with Gasteiger partial charge in [-0.3, -0.25) is 4.79 Å². The number of rotatable bonds is 5. The second-order valence-electron chi connectivity index (χ2n) is 3.38. The number of ketones is 1. The molecule has 0 aliphatic carbocycles. The monoisotopic (exact) mass is 223 g/mol. The Morgan fingerprint density at radius 2 is 2.06 bits per heavy atom. The predicted octanol–water partition coefficient (Wildman–Crippen LogP) is 1.54. The minimum absolute atomic E-state index is 0.0367. The lowest BCUT2D eigenvalue weighted by atomic mass is 10.1. The van der Waals surface area contributed by atoms with Gasteiger partial charge in [0.05, 0.1) is 25.8 Å². The first-order valence-corrected chi connectivity index (χ1v) is 5.18. The fraction of sp³-hybridized carbons (Fsp3) is 0.417. The molecule has 0 radical (unpaired) electrons. The zero-order chi connectivity index (χ0) is 12.1. The van der Waals surface area contributed by atoms with Gasteiger partial charge in [-0.25, -0.2) is 0 Å². The van der Waals surface area contributed by atoms with Gasteiger partial charge in [-0.2, -0.15) is 0 Å². The van der Waals surface area contributed by atoms with Gasteiger partial charge in [0.1, 0.15) is 11.5 Å². The summed E-state index contributed by atoms with van der Waals surface area (Å²) in [5.41, 5.74) is 6.75. The van der Waals surface area contributed by atoms with E-state index in [9.17, 15) is 4.79 Å². The van der Waals surface area contributed by atoms with Gasteiger partial charge in [-0.15, -0.1) is 0 Å². The van der Waals surface area contributed by atoms with Crippen molar-refractivity contribution in [2.45, 2.75) is 13.8 Å². The Labute approximate surface area is 95.3 Å². The molecule has 0 heterocycles. The largest absolute Gasteiger partial charge is 0.496 e. The van der Waals surface area contributed by atoms with Gasteiger partial charge in [0.25, 0.3) is 0 Å². The number of methoxy groups -OCH3 is 1. The molecule has 1 aromatic carbocycles. The SMILES string of the molecule is CCOc1cc(C(=O)CN)c(OC)cc1C. The van der Waals surface area contributed by atoms with Gasteiger partial charge in [0.2, 0.25) is 0 Å². The Hall–Kier alpha value is -1.55. The summed E-state index contributed by atoms with van der Waals surface area (Å²) in [6.07, 6.45) is 0. The third-order valence-corrected chi connectivity index (χ3v) is 2.28. The van der Waals surface area contributed by atoms with E-state index in [0.717, 1.165) is 5.56 Å². The number of ether oxygens (including phenoxy) is 2. The molecule has 0 aliphatic heterocycles. The zero-order valence-corrected chi connectivity index (χ0v) is 9.87. The van der Waals surface area contributed by atoms with Crippen molar-refractivity contribution in [3.8, 4) is 11.5 Å². The summed E-state index contributed by atoms with van der Waals surface area (Å²) in [4.78, 5) is 11.6. The smallest absolute Gasteiger partial charge is 0.180 e. The molecule has 0 saturated carbocycles. The molecule has 0 atom stereocenters. The van der Waals surface area contributed by atoms with Crippen molar-refractivity contribution in [2.75, 3.05) is 20.3 Å². The predicted molar refractivity (Wildman–Crippen MR) is 62.3 cm³/mol. The molecule has 16 heavy (non-hydrogen) atoms. The number of carbonyl (C=O) groups is 1. The van der Waals surface area contributed by atoms with Crippen LogP contribution in [0.4, 0.5) is 0 Å². The molecule has 4 nitrogen and oxygen atoms in total. The van der Waals surface area contributed by atoms with Gasteiger partial charge < -0.3 is 15.2 Å². The van der Waals surface area contributed by atoms with Gasteiger partial charge >= 0.3 is 0 Å². The lowest BCUT2D eigenvalue weighted by molar-refractivity contribution is 0.0998. The Morgan fingerprint density at radius 3 is 2.56 bits per heavy atom. The highest BCUT2D eigenvalue weighted by molar-refractivity contribution is 6.00. The summed E-state index contributed by atoms with van der Waals surface area (Å²) in [6, 6.07) is 3.47. The van der Waals surface area contributed by atoms with Crippen LogP contribution in [0.15, 0.2) is 12.1 Å². The van der Waals surface area contributed by atoms with E-state index in [2.05, 4.69) is 0 Å². The summed E-state index contributed by atoms with van der Waals surface area (Å²) in [5.74, 6) is 1.08. The Bertz CT molecular complexity index is 388. The molecule has 1 aromatic rings. The Kier molecular flexibility index (Phi) is 4.31. The topological polar surface area (TPSA) is 61.5 Å². The Morgan fingerprint density at radius 1 is 1.38 bits per heavy atom. The van der Waals surface area contributed by atoms with E-state index in [-0.39, 0.29) is 12.3 Å². The van der Waals surface area contributed by atoms with Crippen LogP contribution in [0, 0.1) is 6.92 Å². The standard InChI is InChI=1S/C12H17NO3/c1-4-16-11-6-9(10(14)7-13)12(15-3)5-8(11)2/h5-6H,4,7,13H2,1-3H3. The minimum Gasteiger partial charge on any atom is -0.496 e. The molecule has 0 aliphatic rings. The van der Waals surface area contributed by atoms with Crippen LogP contribution in [0.5, 0.6) is 11.5 Å².